The van der Waals surface area contributed by atoms with Crippen LogP contribution in [0.2, 0.25) is 0 Å². The Labute approximate surface area is 181 Å². The van der Waals surface area contributed by atoms with Crippen molar-refractivity contribution in [2.24, 2.45) is 0 Å². The van der Waals surface area contributed by atoms with Gasteiger partial charge in [0, 0.05) is 35.2 Å². The standard InChI is InChI=1S/C25H26N4O2/c1-2-17-7-12-21-19(16-31-22(21)14-17)15-24(30)26-20-10-8-18(9-11-20)25-28-27-23-6-4-3-5-13-29(23)25/h7-12,14,16H,2-6,13,15H2,1H3,(H,26,30). The summed E-state index contributed by atoms with van der Waals surface area (Å²) in [6.07, 6.45) is 7.48. The van der Waals surface area contributed by atoms with Gasteiger partial charge in [0.2, 0.25) is 5.91 Å². The summed E-state index contributed by atoms with van der Waals surface area (Å²) in [6.45, 7) is 3.08. The Bertz CT molecular complexity index is 1220. The predicted octanol–water partition coefficient (Wildman–Crippen LogP) is 5.16. The van der Waals surface area contributed by atoms with Crippen LogP contribution in [0.1, 0.15) is 43.1 Å². The quantitative estimate of drug-likeness (QED) is 0.489. The van der Waals surface area contributed by atoms with E-state index < -0.39 is 0 Å². The van der Waals surface area contributed by atoms with E-state index in [1.807, 2.05) is 36.4 Å². The molecule has 0 saturated heterocycles. The number of aromatic nitrogens is 3. The van der Waals surface area contributed by atoms with Crippen LogP contribution in [0, 0.1) is 0 Å². The molecule has 0 saturated carbocycles. The van der Waals surface area contributed by atoms with E-state index in [0.717, 1.165) is 65.2 Å². The van der Waals surface area contributed by atoms with Gasteiger partial charge in [-0.05, 0) is 55.2 Å². The Kier molecular flexibility index (Phi) is 5.28. The summed E-state index contributed by atoms with van der Waals surface area (Å²) in [5.74, 6) is 1.92. The van der Waals surface area contributed by atoms with Gasteiger partial charge in [-0.25, -0.2) is 0 Å². The molecular formula is C25H26N4O2. The normalized spacial score (nSPS) is 13.7. The number of furan rings is 1. The van der Waals surface area contributed by atoms with E-state index in [4.69, 9.17) is 4.42 Å². The highest BCUT2D eigenvalue weighted by Crippen LogP contribution is 2.25. The molecule has 0 bridgehead atoms. The second kappa shape index (κ2) is 8.38. The summed E-state index contributed by atoms with van der Waals surface area (Å²) >= 11 is 0. The molecule has 1 amide bonds. The molecule has 0 fully saturated rings. The lowest BCUT2D eigenvalue weighted by Crippen LogP contribution is -2.14. The van der Waals surface area contributed by atoms with Gasteiger partial charge in [0.05, 0.1) is 12.7 Å². The van der Waals surface area contributed by atoms with Crippen molar-refractivity contribution in [1.29, 1.82) is 0 Å². The van der Waals surface area contributed by atoms with Crippen LogP contribution in [0.25, 0.3) is 22.4 Å². The first kappa shape index (κ1) is 19.5. The molecular weight excluding hydrogens is 388 g/mol. The van der Waals surface area contributed by atoms with Crippen molar-refractivity contribution in [3.8, 4) is 11.4 Å². The molecule has 1 aliphatic heterocycles. The smallest absolute Gasteiger partial charge is 0.228 e. The lowest BCUT2D eigenvalue weighted by atomic mass is 10.1. The third kappa shape index (κ3) is 3.98. The molecule has 3 heterocycles. The van der Waals surface area contributed by atoms with Crippen LogP contribution >= 0.6 is 0 Å². The number of benzene rings is 2. The number of aryl methyl sites for hydroxylation is 2. The summed E-state index contributed by atoms with van der Waals surface area (Å²) in [5.41, 5.74) is 4.75. The van der Waals surface area contributed by atoms with Crippen LogP contribution in [-0.4, -0.2) is 20.7 Å². The minimum Gasteiger partial charge on any atom is -0.464 e. The van der Waals surface area contributed by atoms with E-state index >= 15 is 0 Å². The summed E-state index contributed by atoms with van der Waals surface area (Å²) in [6, 6.07) is 14.0. The minimum atomic E-state index is -0.0636. The maximum atomic E-state index is 12.6. The van der Waals surface area contributed by atoms with Gasteiger partial charge in [0.25, 0.3) is 0 Å². The predicted molar refractivity (Wildman–Crippen MR) is 121 cm³/mol. The van der Waals surface area contributed by atoms with Crippen LogP contribution in [-0.2, 0) is 30.6 Å². The largest absolute Gasteiger partial charge is 0.464 e. The van der Waals surface area contributed by atoms with Crippen LogP contribution in [0.5, 0.6) is 0 Å². The molecule has 0 atom stereocenters. The number of rotatable bonds is 5. The van der Waals surface area contributed by atoms with E-state index in [2.05, 4.69) is 33.1 Å². The Balaban J connectivity index is 1.28. The summed E-state index contributed by atoms with van der Waals surface area (Å²) in [7, 11) is 0. The van der Waals surface area contributed by atoms with E-state index in [1.54, 1.807) is 6.26 Å². The fourth-order valence-electron chi connectivity index (χ4n) is 4.26. The molecule has 31 heavy (non-hydrogen) atoms. The molecule has 0 radical (unpaired) electrons. The van der Waals surface area contributed by atoms with E-state index in [-0.39, 0.29) is 12.3 Å². The van der Waals surface area contributed by atoms with Crippen LogP contribution in [0.3, 0.4) is 0 Å². The fourth-order valence-corrected chi connectivity index (χ4v) is 4.26. The van der Waals surface area contributed by atoms with Crippen molar-refractivity contribution in [3.63, 3.8) is 0 Å². The van der Waals surface area contributed by atoms with Gasteiger partial charge < -0.3 is 14.3 Å². The molecule has 2 aromatic carbocycles. The van der Waals surface area contributed by atoms with Gasteiger partial charge in [-0.1, -0.05) is 25.5 Å². The SMILES string of the molecule is CCc1ccc2c(CC(=O)Nc3ccc(-c4nnc5n4CCCCC5)cc3)coc2c1. The van der Waals surface area contributed by atoms with Crippen molar-refractivity contribution in [3.05, 3.63) is 65.7 Å². The van der Waals surface area contributed by atoms with Crippen LogP contribution in [0.4, 0.5) is 5.69 Å². The molecule has 1 N–H and O–H groups in total. The molecule has 0 unspecified atom stereocenters. The first-order valence-corrected chi connectivity index (χ1v) is 11.0. The zero-order valence-corrected chi connectivity index (χ0v) is 17.7. The van der Waals surface area contributed by atoms with Crippen molar-refractivity contribution in [2.75, 3.05) is 5.32 Å². The molecule has 2 aromatic heterocycles. The maximum Gasteiger partial charge on any atom is 0.228 e. The number of nitrogens with zero attached hydrogens (tertiary/aromatic N) is 3. The van der Waals surface area contributed by atoms with Crippen molar-refractivity contribution in [1.82, 2.24) is 14.8 Å². The monoisotopic (exact) mass is 414 g/mol. The average Bonchev–Trinajstić information content (AvgIpc) is 3.30. The molecule has 5 rings (SSSR count). The number of hydrogen-bond acceptors (Lipinski definition) is 4. The van der Waals surface area contributed by atoms with Crippen molar-refractivity contribution >= 4 is 22.6 Å². The first-order chi connectivity index (χ1) is 15.2. The van der Waals surface area contributed by atoms with Crippen molar-refractivity contribution in [2.45, 2.75) is 52.0 Å². The maximum absolute atomic E-state index is 12.6. The van der Waals surface area contributed by atoms with Crippen LogP contribution < -0.4 is 5.32 Å². The molecule has 158 valence electrons. The minimum absolute atomic E-state index is 0.0636. The number of hydrogen-bond donors (Lipinski definition) is 1. The molecule has 0 spiro atoms. The highest BCUT2D eigenvalue weighted by Gasteiger charge is 2.16. The number of carbonyl (C=O) groups is 1. The highest BCUT2D eigenvalue weighted by molar-refractivity contribution is 5.95. The van der Waals surface area contributed by atoms with Gasteiger partial charge in [-0.15, -0.1) is 10.2 Å². The zero-order valence-electron chi connectivity index (χ0n) is 17.7. The van der Waals surface area contributed by atoms with E-state index in [1.165, 1.54) is 18.4 Å². The summed E-state index contributed by atoms with van der Waals surface area (Å²) in [4.78, 5) is 12.6. The molecule has 6 heteroatoms. The first-order valence-electron chi connectivity index (χ1n) is 11.0. The topological polar surface area (TPSA) is 73.0 Å². The molecule has 6 nitrogen and oxygen atoms in total. The summed E-state index contributed by atoms with van der Waals surface area (Å²) in [5, 5.41) is 12.8. The second-order valence-electron chi connectivity index (χ2n) is 8.15. The number of anilines is 1. The van der Waals surface area contributed by atoms with E-state index in [9.17, 15) is 4.79 Å². The second-order valence-corrected chi connectivity index (χ2v) is 8.15. The lowest BCUT2D eigenvalue weighted by Gasteiger charge is -2.08. The number of nitrogens with one attached hydrogen (secondary N) is 1. The van der Waals surface area contributed by atoms with Gasteiger partial charge in [-0.2, -0.15) is 0 Å². The Morgan fingerprint density at radius 3 is 2.81 bits per heavy atom. The van der Waals surface area contributed by atoms with Gasteiger partial charge in [0.15, 0.2) is 5.82 Å². The molecule has 0 aliphatic carbocycles. The van der Waals surface area contributed by atoms with Crippen LogP contribution in [0.15, 0.2) is 53.1 Å². The highest BCUT2D eigenvalue weighted by atomic mass is 16.3. The number of fused-ring (bicyclic) bond motifs is 2. The summed E-state index contributed by atoms with van der Waals surface area (Å²) < 4.78 is 7.89. The number of carbonyl (C=O) groups excluding carboxylic acids is 1. The number of amides is 1. The molecule has 1 aliphatic rings. The Morgan fingerprint density at radius 2 is 1.97 bits per heavy atom. The zero-order chi connectivity index (χ0) is 21.2. The third-order valence-electron chi connectivity index (χ3n) is 6.02. The van der Waals surface area contributed by atoms with E-state index in [0.29, 0.717) is 0 Å². The van der Waals surface area contributed by atoms with Crippen molar-refractivity contribution < 1.29 is 9.21 Å². The fraction of sp³-hybridized carbons (Fsp3) is 0.320. The van der Waals surface area contributed by atoms with Gasteiger partial charge in [-0.3, -0.25) is 4.79 Å². The Hall–Kier alpha value is -3.41. The third-order valence-corrected chi connectivity index (χ3v) is 6.02. The Morgan fingerprint density at radius 1 is 1.10 bits per heavy atom. The average molecular weight is 415 g/mol. The lowest BCUT2D eigenvalue weighted by molar-refractivity contribution is -0.115. The van der Waals surface area contributed by atoms with Gasteiger partial charge in [0.1, 0.15) is 11.4 Å². The molecule has 4 aromatic rings. The van der Waals surface area contributed by atoms with Gasteiger partial charge >= 0.3 is 0 Å².